The fourth-order valence-electron chi connectivity index (χ4n) is 2.82. The molecule has 0 atom stereocenters. The van der Waals surface area contributed by atoms with Crippen molar-refractivity contribution in [2.24, 2.45) is 0 Å². The highest BCUT2D eigenvalue weighted by atomic mass is 32.2. The molecule has 7 heteroatoms. The summed E-state index contributed by atoms with van der Waals surface area (Å²) >= 11 is 6.26. The average molecular weight is 372 g/mol. The highest BCUT2D eigenvalue weighted by Crippen LogP contribution is 2.33. The van der Waals surface area contributed by atoms with Crippen molar-refractivity contribution in [3.63, 3.8) is 0 Å². The molecule has 25 heavy (non-hydrogen) atoms. The molecule has 128 valence electrons. The lowest BCUT2D eigenvalue weighted by Crippen LogP contribution is -2.33. The van der Waals surface area contributed by atoms with E-state index in [-0.39, 0.29) is 10.2 Å². The molecule has 1 aliphatic rings. The maximum absolute atomic E-state index is 12.4. The van der Waals surface area contributed by atoms with Gasteiger partial charge in [-0.05, 0) is 43.7 Å². The third-order valence-electron chi connectivity index (χ3n) is 3.94. The number of carboxylic acids is 1. The van der Waals surface area contributed by atoms with Crippen LogP contribution in [0.3, 0.4) is 0 Å². The van der Waals surface area contributed by atoms with Gasteiger partial charge in [0, 0.05) is 17.1 Å². The van der Waals surface area contributed by atoms with Crippen molar-refractivity contribution in [1.29, 1.82) is 0 Å². The molecule has 3 rings (SSSR count). The molecule has 1 aromatic heterocycles. The van der Waals surface area contributed by atoms with E-state index in [9.17, 15) is 9.59 Å². The highest BCUT2D eigenvalue weighted by molar-refractivity contribution is 8.26. The number of thiocarbonyl (C=S) groups is 1. The van der Waals surface area contributed by atoms with E-state index >= 15 is 0 Å². The Morgan fingerprint density at radius 3 is 2.60 bits per heavy atom. The number of nitrogens with zero attached hydrogens (tertiary/aromatic N) is 2. The second kappa shape index (κ2) is 6.85. The van der Waals surface area contributed by atoms with Crippen LogP contribution in [0.5, 0.6) is 0 Å². The highest BCUT2D eigenvalue weighted by Gasteiger charge is 2.33. The summed E-state index contributed by atoms with van der Waals surface area (Å²) in [6.45, 7) is 3.59. The largest absolute Gasteiger partial charge is 0.480 e. The van der Waals surface area contributed by atoms with Crippen molar-refractivity contribution < 1.29 is 14.7 Å². The number of hydrogen-bond acceptors (Lipinski definition) is 4. The quantitative estimate of drug-likeness (QED) is 0.658. The van der Waals surface area contributed by atoms with E-state index in [0.717, 1.165) is 39.3 Å². The third kappa shape index (κ3) is 3.38. The summed E-state index contributed by atoms with van der Waals surface area (Å²) in [7, 11) is 0. The molecular weight excluding hydrogens is 356 g/mol. The van der Waals surface area contributed by atoms with E-state index in [1.54, 1.807) is 6.08 Å². The summed E-state index contributed by atoms with van der Waals surface area (Å²) < 4.78 is 2.39. The van der Waals surface area contributed by atoms with Gasteiger partial charge in [-0.1, -0.05) is 42.2 Å². The zero-order valence-electron chi connectivity index (χ0n) is 13.7. The summed E-state index contributed by atoms with van der Waals surface area (Å²) in [6.07, 6.45) is 1.78. The van der Waals surface area contributed by atoms with Gasteiger partial charge in [0.1, 0.15) is 10.9 Å². The standard InChI is InChI=1S/C18H16N2O3S2/c1-11-8-13(12(2)20(11)14-6-4-3-5-7-14)9-15-17(23)19(10-16(21)22)18(24)25-15/h3-9H,10H2,1-2H3,(H,21,22)/b15-9-. The molecule has 0 unspecified atom stereocenters. The molecule has 5 nitrogen and oxygen atoms in total. The van der Waals surface area contributed by atoms with Gasteiger partial charge in [-0.15, -0.1) is 0 Å². The Morgan fingerprint density at radius 1 is 1.28 bits per heavy atom. The topological polar surface area (TPSA) is 62.5 Å². The first-order valence-corrected chi connectivity index (χ1v) is 8.82. The van der Waals surface area contributed by atoms with Crippen LogP contribution in [0.4, 0.5) is 0 Å². The number of para-hydroxylation sites is 1. The van der Waals surface area contributed by atoms with Crippen LogP contribution in [0.25, 0.3) is 11.8 Å². The number of aliphatic carboxylic acids is 1. The molecule has 0 spiro atoms. The van der Waals surface area contributed by atoms with Crippen molar-refractivity contribution >= 4 is 46.3 Å². The van der Waals surface area contributed by atoms with Gasteiger partial charge in [0.2, 0.25) is 0 Å². The minimum atomic E-state index is -1.08. The third-order valence-corrected chi connectivity index (χ3v) is 5.32. The number of carbonyl (C=O) groups is 2. The number of hydrogen-bond donors (Lipinski definition) is 1. The molecule has 1 aromatic carbocycles. The zero-order valence-corrected chi connectivity index (χ0v) is 15.4. The summed E-state index contributed by atoms with van der Waals surface area (Å²) in [4.78, 5) is 24.9. The average Bonchev–Trinajstić information content (AvgIpc) is 2.99. The lowest BCUT2D eigenvalue weighted by Gasteiger charge is -2.10. The molecule has 0 bridgehead atoms. The molecule has 1 fully saturated rings. The molecule has 0 aliphatic carbocycles. The van der Waals surface area contributed by atoms with Gasteiger partial charge in [0.15, 0.2) is 0 Å². The number of carboxylic acid groups (broad SMARTS) is 1. The lowest BCUT2D eigenvalue weighted by atomic mass is 10.2. The van der Waals surface area contributed by atoms with Crippen molar-refractivity contribution in [3.8, 4) is 5.69 Å². The predicted octanol–water partition coefficient (Wildman–Crippen LogP) is 3.38. The van der Waals surface area contributed by atoms with Gasteiger partial charge in [-0.2, -0.15) is 0 Å². The van der Waals surface area contributed by atoms with Gasteiger partial charge in [-0.3, -0.25) is 14.5 Å². The summed E-state index contributed by atoms with van der Waals surface area (Å²) in [5, 5.41) is 8.91. The fourth-order valence-corrected chi connectivity index (χ4v) is 4.07. The van der Waals surface area contributed by atoms with Crippen molar-refractivity contribution in [3.05, 3.63) is 58.3 Å². The molecular formula is C18H16N2O3S2. The smallest absolute Gasteiger partial charge is 0.323 e. The number of amides is 1. The normalized spacial score (nSPS) is 16.1. The van der Waals surface area contributed by atoms with Crippen molar-refractivity contribution in [2.45, 2.75) is 13.8 Å². The number of aromatic nitrogens is 1. The van der Waals surface area contributed by atoms with Gasteiger partial charge in [0.05, 0.1) is 4.91 Å². The van der Waals surface area contributed by atoms with Crippen LogP contribution in [0.1, 0.15) is 17.0 Å². The molecule has 0 radical (unpaired) electrons. The Balaban J connectivity index is 1.97. The van der Waals surface area contributed by atoms with Crippen LogP contribution in [0, 0.1) is 13.8 Å². The van der Waals surface area contributed by atoms with Crippen LogP contribution >= 0.6 is 24.0 Å². The van der Waals surface area contributed by atoms with Gasteiger partial charge in [-0.25, -0.2) is 0 Å². The van der Waals surface area contributed by atoms with Crippen LogP contribution in [-0.2, 0) is 9.59 Å². The SMILES string of the molecule is Cc1cc(/C=C2\SC(=S)N(CC(=O)O)C2=O)c(C)n1-c1ccccc1. The van der Waals surface area contributed by atoms with E-state index in [2.05, 4.69) is 4.57 Å². The van der Waals surface area contributed by atoms with Gasteiger partial charge < -0.3 is 9.67 Å². The van der Waals surface area contributed by atoms with E-state index in [1.807, 2.05) is 50.2 Å². The maximum atomic E-state index is 12.4. The molecule has 1 amide bonds. The van der Waals surface area contributed by atoms with Crippen LogP contribution < -0.4 is 0 Å². The fraction of sp³-hybridized carbons (Fsp3) is 0.167. The summed E-state index contributed by atoms with van der Waals surface area (Å²) in [5.74, 6) is -1.44. The summed E-state index contributed by atoms with van der Waals surface area (Å²) in [5.41, 5.74) is 4.02. The first-order chi connectivity index (χ1) is 11.9. The number of carbonyl (C=O) groups excluding carboxylic acids is 1. The van der Waals surface area contributed by atoms with Gasteiger partial charge in [0.25, 0.3) is 5.91 Å². The van der Waals surface area contributed by atoms with Crippen molar-refractivity contribution in [1.82, 2.24) is 9.47 Å². The second-order valence-electron chi connectivity index (χ2n) is 5.66. The molecule has 2 aromatic rings. The van der Waals surface area contributed by atoms with Crippen molar-refractivity contribution in [2.75, 3.05) is 6.54 Å². The van der Waals surface area contributed by atoms with Crippen LogP contribution in [-0.4, -0.2) is 37.3 Å². The zero-order chi connectivity index (χ0) is 18.1. The number of thioether (sulfide) groups is 1. The van der Waals surface area contributed by atoms with Crippen LogP contribution in [0.2, 0.25) is 0 Å². The van der Waals surface area contributed by atoms with E-state index in [1.165, 1.54) is 0 Å². The molecule has 1 aliphatic heterocycles. The first kappa shape index (κ1) is 17.4. The van der Waals surface area contributed by atoms with E-state index in [0.29, 0.717) is 4.91 Å². The molecule has 1 N–H and O–H groups in total. The monoisotopic (exact) mass is 372 g/mol. The Bertz CT molecular complexity index is 901. The predicted molar refractivity (Wildman–Crippen MR) is 103 cm³/mol. The minimum absolute atomic E-state index is 0.274. The number of aryl methyl sites for hydroxylation is 1. The number of rotatable bonds is 4. The maximum Gasteiger partial charge on any atom is 0.323 e. The number of benzene rings is 1. The molecule has 2 heterocycles. The first-order valence-electron chi connectivity index (χ1n) is 7.60. The van der Waals surface area contributed by atoms with Gasteiger partial charge >= 0.3 is 5.97 Å². The lowest BCUT2D eigenvalue weighted by molar-refractivity contribution is -0.140. The van der Waals surface area contributed by atoms with Crippen LogP contribution in [0.15, 0.2) is 41.3 Å². The minimum Gasteiger partial charge on any atom is -0.480 e. The Morgan fingerprint density at radius 2 is 1.96 bits per heavy atom. The molecule has 1 saturated heterocycles. The Kier molecular flexibility index (Phi) is 4.78. The van der Waals surface area contributed by atoms with E-state index in [4.69, 9.17) is 17.3 Å². The molecule has 0 saturated carbocycles. The summed E-state index contributed by atoms with van der Waals surface area (Å²) in [6, 6.07) is 12.0. The van der Waals surface area contributed by atoms with E-state index < -0.39 is 12.5 Å². The Labute approximate surface area is 154 Å². The Hall–Kier alpha value is -2.38. The second-order valence-corrected chi connectivity index (χ2v) is 7.33.